The molecule has 3 N–H and O–H groups in total. The molecule has 0 saturated carbocycles. The van der Waals surface area contributed by atoms with Crippen LogP contribution >= 0.6 is 0 Å². The molecule has 0 spiro atoms. The Morgan fingerprint density at radius 2 is 2.05 bits per heavy atom. The first-order chi connectivity index (χ1) is 19.1. The van der Waals surface area contributed by atoms with E-state index in [1.165, 1.54) is 22.0 Å². The van der Waals surface area contributed by atoms with Crippen molar-refractivity contribution in [3.63, 3.8) is 0 Å². The molecule has 15 heteroatoms. The van der Waals surface area contributed by atoms with Crippen LogP contribution < -0.4 is 15.4 Å². The van der Waals surface area contributed by atoms with Crippen LogP contribution in [0.5, 0.6) is 5.75 Å². The van der Waals surface area contributed by atoms with Crippen LogP contribution in [0.25, 0.3) is 0 Å². The van der Waals surface area contributed by atoms with Gasteiger partial charge >= 0.3 is 6.03 Å². The van der Waals surface area contributed by atoms with Gasteiger partial charge in [-0.15, -0.1) is 5.10 Å². The third-order valence-corrected chi connectivity index (χ3v) is 6.71. The first-order valence-corrected chi connectivity index (χ1v) is 12.8. The van der Waals surface area contributed by atoms with E-state index in [4.69, 9.17) is 9.26 Å². The molecular weight excluding hydrogens is 522 g/mol. The number of anilines is 2. The second-order valence-electron chi connectivity index (χ2n) is 9.90. The largest absolute Gasteiger partial charge is 0.487 e. The van der Waals surface area contributed by atoms with Gasteiger partial charge in [0.25, 0.3) is 5.91 Å². The Bertz CT molecular complexity index is 1340. The van der Waals surface area contributed by atoms with Gasteiger partial charge in [-0.25, -0.2) is 9.48 Å². The molecular formula is C25H33N9O6. The maximum Gasteiger partial charge on any atom is 0.321 e. The number of fused-ring (bicyclic) bond motifs is 1. The van der Waals surface area contributed by atoms with Crippen LogP contribution in [0.1, 0.15) is 35.7 Å². The number of aromatic nitrogens is 5. The topological polar surface area (TPSA) is 181 Å². The molecule has 15 nitrogen and oxygen atoms in total. The molecule has 3 heterocycles. The van der Waals surface area contributed by atoms with Crippen molar-refractivity contribution in [3.05, 3.63) is 41.5 Å². The second kappa shape index (κ2) is 12.1. The number of rotatable bonds is 8. The molecule has 2 aromatic heterocycles. The quantitative estimate of drug-likeness (QED) is 0.366. The lowest BCUT2D eigenvalue weighted by Crippen LogP contribution is -2.50. The summed E-state index contributed by atoms with van der Waals surface area (Å²) in [5.41, 5.74) is 1.68. The van der Waals surface area contributed by atoms with E-state index in [-0.39, 0.29) is 55.6 Å². The van der Waals surface area contributed by atoms with Crippen molar-refractivity contribution in [2.24, 2.45) is 5.92 Å². The lowest BCUT2D eigenvalue weighted by Gasteiger charge is -2.38. The number of carbonyl (C=O) groups is 3. The second-order valence-corrected chi connectivity index (χ2v) is 9.90. The molecule has 0 saturated heterocycles. The number of aliphatic hydroxyl groups is 1. The van der Waals surface area contributed by atoms with E-state index >= 15 is 0 Å². The molecule has 3 aromatic rings. The monoisotopic (exact) mass is 555 g/mol. The first-order valence-electron chi connectivity index (χ1n) is 12.8. The summed E-state index contributed by atoms with van der Waals surface area (Å²) in [5, 5.41) is 30.0. The predicted octanol–water partition coefficient (Wildman–Crippen LogP) is 1.30. The Hall–Kier alpha value is -4.53. The molecule has 0 fully saturated rings. The van der Waals surface area contributed by atoms with Crippen molar-refractivity contribution < 1.29 is 28.8 Å². The molecule has 0 radical (unpaired) electrons. The fourth-order valence-corrected chi connectivity index (χ4v) is 4.34. The van der Waals surface area contributed by atoms with Crippen LogP contribution in [0.3, 0.4) is 0 Å². The molecule has 0 unspecified atom stereocenters. The highest BCUT2D eigenvalue weighted by atomic mass is 16.5. The number of urea groups is 1. The van der Waals surface area contributed by atoms with Crippen molar-refractivity contribution >= 4 is 29.2 Å². The Morgan fingerprint density at radius 1 is 1.27 bits per heavy atom. The maximum absolute atomic E-state index is 13.6. The van der Waals surface area contributed by atoms with Crippen LogP contribution in [0, 0.1) is 19.8 Å². The maximum atomic E-state index is 13.6. The van der Waals surface area contributed by atoms with Gasteiger partial charge in [-0.05, 0) is 49.4 Å². The Labute approximate surface area is 230 Å². The number of tetrazole rings is 1. The van der Waals surface area contributed by atoms with Crippen molar-refractivity contribution in [3.8, 4) is 5.75 Å². The summed E-state index contributed by atoms with van der Waals surface area (Å²) < 4.78 is 12.7. The van der Waals surface area contributed by atoms with Gasteiger partial charge in [0.05, 0.1) is 24.8 Å². The Kier molecular flexibility index (Phi) is 8.62. The number of likely N-dealkylation sites (N-methyl/N-ethyl adjacent to an activating group) is 1. The molecule has 4 amide bonds. The van der Waals surface area contributed by atoms with Gasteiger partial charge in [0.2, 0.25) is 5.91 Å². The van der Waals surface area contributed by atoms with Gasteiger partial charge in [0, 0.05) is 25.2 Å². The smallest absolute Gasteiger partial charge is 0.321 e. The van der Waals surface area contributed by atoms with Crippen LogP contribution in [0.4, 0.5) is 16.2 Å². The van der Waals surface area contributed by atoms with Crippen molar-refractivity contribution in [1.82, 2.24) is 35.2 Å². The van der Waals surface area contributed by atoms with Gasteiger partial charge in [-0.3, -0.25) is 9.59 Å². The molecule has 40 heavy (non-hydrogen) atoms. The number of nitrogens with zero attached hydrogens (tertiary/aromatic N) is 7. The fourth-order valence-electron chi connectivity index (χ4n) is 4.34. The molecule has 0 bridgehead atoms. The van der Waals surface area contributed by atoms with E-state index in [1.54, 1.807) is 44.9 Å². The fraction of sp³-hybridized carbons (Fsp3) is 0.480. The number of amides is 4. The van der Waals surface area contributed by atoms with E-state index in [2.05, 4.69) is 31.3 Å². The zero-order valence-electron chi connectivity index (χ0n) is 23.0. The summed E-state index contributed by atoms with van der Waals surface area (Å²) in [6.07, 6.45) is 0.819. The highest BCUT2D eigenvalue weighted by Crippen LogP contribution is 2.31. The zero-order valence-corrected chi connectivity index (χ0v) is 23.0. The van der Waals surface area contributed by atoms with E-state index in [0.29, 0.717) is 28.6 Å². The van der Waals surface area contributed by atoms with Gasteiger partial charge in [-0.2, -0.15) is 0 Å². The van der Waals surface area contributed by atoms with Crippen LogP contribution in [0.15, 0.2) is 29.0 Å². The molecule has 0 aliphatic carbocycles. The molecule has 1 aliphatic rings. The van der Waals surface area contributed by atoms with Gasteiger partial charge in [-0.1, -0.05) is 12.1 Å². The SMILES string of the molecule is Cc1noc(C)c1NC(=O)N(C)C[C@H]1Oc2ccc(NC(=O)Cn3cnnn3)cc2C(=O)N([C@@H](C)CO)C[C@@H]1C. The number of ether oxygens (including phenoxy) is 1. The third-order valence-electron chi connectivity index (χ3n) is 6.71. The van der Waals surface area contributed by atoms with E-state index < -0.39 is 12.1 Å². The van der Waals surface area contributed by atoms with Crippen LogP contribution in [0.2, 0.25) is 0 Å². The summed E-state index contributed by atoms with van der Waals surface area (Å²) in [4.78, 5) is 42.1. The van der Waals surface area contributed by atoms with E-state index in [9.17, 15) is 19.5 Å². The minimum absolute atomic E-state index is 0.107. The Balaban J connectivity index is 1.56. The van der Waals surface area contributed by atoms with Crippen molar-refractivity contribution in [1.29, 1.82) is 0 Å². The summed E-state index contributed by atoms with van der Waals surface area (Å²) in [6.45, 7) is 7.26. The lowest BCUT2D eigenvalue weighted by atomic mass is 9.99. The summed E-state index contributed by atoms with van der Waals surface area (Å²) in [5.74, 6) is -0.130. The average Bonchev–Trinajstić information content (AvgIpc) is 3.55. The number of benzene rings is 1. The summed E-state index contributed by atoms with van der Waals surface area (Å²) >= 11 is 0. The molecule has 214 valence electrons. The summed E-state index contributed by atoms with van der Waals surface area (Å²) in [7, 11) is 1.64. The minimum Gasteiger partial charge on any atom is -0.487 e. The van der Waals surface area contributed by atoms with Crippen molar-refractivity contribution in [2.75, 3.05) is 37.4 Å². The van der Waals surface area contributed by atoms with Gasteiger partial charge < -0.3 is 34.8 Å². The zero-order chi connectivity index (χ0) is 29.0. The average molecular weight is 556 g/mol. The highest BCUT2D eigenvalue weighted by Gasteiger charge is 2.34. The normalized spacial score (nSPS) is 17.8. The predicted molar refractivity (Wildman–Crippen MR) is 142 cm³/mol. The highest BCUT2D eigenvalue weighted by molar-refractivity contribution is 6.00. The molecule has 1 aromatic carbocycles. The number of carbonyl (C=O) groups excluding carboxylic acids is 3. The van der Waals surface area contributed by atoms with Crippen LogP contribution in [-0.4, -0.2) is 97.0 Å². The lowest BCUT2D eigenvalue weighted by molar-refractivity contribution is -0.116. The first kappa shape index (κ1) is 28.5. The van der Waals surface area contributed by atoms with Gasteiger partial charge in [0.1, 0.15) is 36.1 Å². The van der Waals surface area contributed by atoms with Gasteiger partial charge in [0.15, 0.2) is 5.76 Å². The molecule has 3 atom stereocenters. The molecule has 1 aliphatic heterocycles. The minimum atomic E-state index is -0.499. The van der Waals surface area contributed by atoms with E-state index in [0.717, 1.165) is 0 Å². The number of hydrogen-bond donors (Lipinski definition) is 3. The number of aliphatic hydroxyl groups excluding tert-OH is 1. The number of aryl methyl sites for hydroxylation is 2. The number of nitrogens with one attached hydrogen (secondary N) is 2. The van der Waals surface area contributed by atoms with Crippen LogP contribution in [-0.2, 0) is 11.3 Å². The van der Waals surface area contributed by atoms with Crippen molar-refractivity contribution in [2.45, 2.75) is 46.4 Å². The third kappa shape index (κ3) is 6.36. The van der Waals surface area contributed by atoms with E-state index in [1.807, 2.05) is 6.92 Å². The Morgan fingerprint density at radius 3 is 2.70 bits per heavy atom. The summed E-state index contributed by atoms with van der Waals surface area (Å²) in [6, 6.07) is 3.93. The number of hydrogen-bond acceptors (Lipinski definition) is 10. The molecule has 4 rings (SSSR count). The standard InChI is InChI=1S/C25H33N9O6/c1-14-9-34(15(2)12-35)24(37)19-8-18(27-22(36)11-33-13-26-30-31-33)6-7-20(19)39-21(14)10-32(5)25(38)28-23-16(3)29-40-17(23)4/h6-8,13-15,21,35H,9-12H2,1-5H3,(H,27,36)(H,28,38)/t14-,15-,21+/m0/s1.